The molecule has 3 unspecified atom stereocenters. The van der Waals surface area contributed by atoms with Gasteiger partial charge in [-0.3, -0.25) is 57.8 Å². The van der Waals surface area contributed by atoms with E-state index in [-0.39, 0.29) is 0 Å². The van der Waals surface area contributed by atoms with Crippen LogP contribution in [0.4, 0.5) is 39.5 Å². The van der Waals surface area contributed by atoms with E-state index in [0.717, 1.165) is 14.2 Å². The fraction of sp³-hybridized carbons (Fsp3) is 0.818. The fourth-order valence-corrected chi connectivity index (χ4v) is 3.42. The van der Waals surface area contributed by atoms with E-state index in [4.69, 9.17) is 19.7 Å². The molecular weight excluding hydrogens is 1140 g/mol. The van der Waals surface area contributed by atoms with E-state index in [1.165, 1.54) is 93.0 Å². The van der Waals surface area contributed by atoms with Crippen molar-refractivity contribution in [2.24, 2.45) is 0 Å². The lowest BCUT2D eigenvalue weighted by Crippen LogP contribution is -2.46. The third kappa shape index (κ3) is 59.1. The van der Waals surface area contributed by atoms with Gasteiger partial charge in [0, 0.05) is 0 Å². The number of carbonyl (C=O) groups excluding carboxylic acids is 6. The van der Waals surface area contributed by atoms with Crippen LogP contribution < -0.4 is 32.9 Å². The van der Waals surface area contributed by atoms with Crippen LogP contribution in [0.25, 0.3) is 0 Å². The molecule has 0 aliphatic carbocycles. The Bertz CT molecular complexity index is 1790. The van der Waals surface area contributed by atoms with Gasteiger partial charge in [0.25, 0.3) is 19.1 Å². The Morgan fingerprint density at radius 3 is 0.728 bits per heavy atom. The summed E-state index contributed by atoms with van der Waals surface area (Å²) in [5.74, 6) is -10.8. The van der Waals surface area contributed by atoms with Gasteiger partial charge in [0.05, 0.1) is 62.0 Å². The molecule has 0 saturated heterocycles. The van der Waals surface area contributed by atoms with Crippen LogP contribution in [0.3, 0.4) is 0 Å². The summed E-state index contributed by atoms with van der Waals surface area (Å²) in [6.07, 6.45) is -18.0. The molecular formula is C44H81F9N6O22. The number of carboxylic acids is 2. The second-order valence-electron chi connectivity index (χ2n) is 20.7. The molecule has 0 radical (unpaired) electrons. The van der Waals surface area contributed by atoms with Crippen LogP contribution in [0.5, 0.6) is 0 Å². The molecule has 0 rings (SSSR count). The van der Waals surface area contributed by atoms with Crippen molar-refractivity contribution in [3.8, 4) is 0 Å². The lowest BCUT2D eigenvalue weighted by Gasteiger charge is -2.25. The Kier molecular flexibility index (Phi) is 42.0. The van der Waals surface area contributed by atoms with Crippen molar-refractivity contribution in [1.29, 1.82) is 0 Å². The number of nitrogens with one attached hydrogen (secondary N) is 6. The summed E-state index contributed by atoms with van der Waals surface area (Å²) in [7, 11) is 4.57. The predicted octanol–water partition coefficient (Wildman–Crippen LogP) is 4.45. The van der Waals surface area contributed by atoms with Crippen molar-refractivity contribution in [2.45, 2.75) is 196 Å². The first-order chi connectivity index (χ1) is 35.9. The molecule has 0 aliphatic heterocycles. The van der Waals surface area contributed by atoms with E-state index in [1.54, 1.807) is 67.8 Å². The molecule has 28 nitrogen and oxygen atoms in total. The SMILES string of the molecule is CC(C)(C)OC(F)(F)C(=O)NOCC(=O)O.CC(C)(C)OC(F)C(=O)NOCC(=O)O.CONC(=O)C(F)(F)OC(C)(C)C.CONC(=O)C(F)(F)OC(C)(C)C.CONC(=O)C(F)OC(C)(C)C.CONC(=O)C(F)OC(C)(C)C. The summed E-state index contributed by atoms with van der Waals surface area (Å²) < 4.78 is 142. The van der Waals surface area contributed by atoms with E-state index in [0.29, 0.717) is 0 Å². The van der Waals surface area contributed by atoms with E-state index in [2.05, 4.69) is 48.0 Å². The van der Waals surface area contributed by atoms with Crippen molar-refractivity contribution in [3.05, 3.63) is 0 Å². The van der Waals surface area contributed by atoms with E-state index in [9.17, 15) is 77.9 Å². The van der Waals surface area contributed by atoms with Gasteiger partial charge in [0.1, 0.15) is 0 Å². The molecule has 8 N–H and O–H groups in total. The summed E-state index contributed by atoms with van der Waals surface area (Å²) in [6, 6.07) is 0. The Hall–Kier alpha value is -5.35. The summed E-state index contributed by atoms with van der Waals surface area (Å²) in [4.78, 5) is 109. The number of ether oxygens (including phenoxy) is 6. The van der Waals surface area contributed by atoms with Crippen LogP contribution in [0.2, 0.25) is 0 Å². The molecule has 0 bridgehead atoms. The van der Waals surface area contributed by atoms with Gasteiger partial charge in [-0.25, -0.2) is 55.6 Å². The molecule has 0 aliphatic rings. The van der Waals surface area contributed by atoms with Gasteiger partial charge < -0.3 is 38.6 Å². The minimum absolute atomic E-state index is 0.690. The van der Waals surface area contributed by atoms with Crippen molar-refractivity contribution in [2.75, 3.05) is 41.7 Å². The summed E-state index contributed by atoms with van der Waals surface area (Å²) in [6.45, 7) is 25.5. The standard InChI is InChI=1S/C8H13F2NO5.C8H14FNO5.2C7H13F2NO3.2C7H14FNO3/c1-7(2,3)16-8(9,10)6(14)11-15-4-5(12)13;1-8(2,3)15-6(9)7(13)10-14-4-5(11)12;2*1-6(2,3)13-7(8,9)5(11)10-12-4;2*1-7(2,3)12-5(8)6(10)9-11-4/h4H2,1-3H3,(H,11,14)(H,12,13);6H,4H2,1-3H3,(H,10,13)(H,11,12);2*1-4H3,(H,10,11);2*5H,1-4H3,(H,9,10). The lowest BCUT2D eigenvalue weighted by atomic mass is 10.2. The van der Waals surface area contributed by atoms with Gasteiger partial charge in [-0.15, -0.1) is 0 Å². The first-order valence-corrected chi connectivity index (χ1v) is 22.7. The highest BCUT2D eigenvalue weighted by Gasteiger charge is 2.46. The van der Waals surface area contributed by atoms with Crippen LogP contribution in [-0.2, 0) is 95.8 Å². The summed E-state index contributed by atoms with van der Waals surface area (Å²) in [5.41, 5.74) is 3.92. The Balaban J connectivity index is -0.000000209. The maximum Gasteiger partial charge on any atom is 0.439 e. The summed E-state index contributed by atoms with van der Waals surface area (Å²) >= 11 is 0. The summed E-state index contributed by atoms with van der Waals surface area (Å²) in [5, 5.41) is 16.3. The van der Waals surface area contributed by atoms with Crippen LogP contribution in [0, 0.1) is 0 Å². The van der Waals surface area contributed by atoms with Gasteiger partial charge >= 0.3 is 65.7 Å². The molecule has 482 valence electrons. The predicted molar refractivity (Wildman–Crippen MR) is 259 cm³/mol. The molecule has 0 fully saturated rings. The molecule has 0 aromatic heterocycles. The zero-order chi connectivity index (χ0) is 66.0. The van der Waals surface area contributed by atoms with Crippen LogP contribution in [0.15, 0.2) is 0 Å². The first kappa shape index (κ1) is 86.9. The number of hydrogen-bond acceptors (Lipinski definition) is 20. The number of amides is 6. The molecule has 0 aromatic rings. The topological polar surface area (TPSA) is 360 Å². The number of carboxylic acid groups (broad SMARTS) is 2. The van der Waals surface area contributed by atoms with Crippen molar-refractivity contribution < 1.29 is 146 Å². The van der Waals surface area contributed by atoms with Gasteiger partial charge in [0.15, 0.2) is 13.2 Å². The average Bonchev–Trinajstić information content (AvgIpc) is 3.20. The van der Waals surface area contributed by atoms with Crippen molar-refractivity contribution in [1.82, 2.24) is 32.9 Å². The number of aliphatic carboxylic acids is 2. The quantitative estimate of drug-likeness (QED) is 0.0548. The molecule has 3 atom stereocenters. The Labute approximate surface area is 462 Å². The van der Waals surface area contributed by atoms with Gasteiger partial charge in [0.2, 0.25) is 0 Å². The van der Waals surface area contributed by atoms with Crippen molar-refractivity contribution >= 4 is 47.4 Å². The van der Waals surface area contributed by atoms with E-state index >= 15 is 0 Å². The van der Waals surface area contributed by atoms with Gasteiger partial charge in [-0.2, -0.15) is 26.3 Å². The molecule has 0 heterocycles. The second-order valence-corrected chi connectivity index (χ2v) is 20.7. The smallest absolute Gasteiger partial charge is 0.439 e. The minimum Gasteiger partial charge on any atom is -0.479 e. The number of carbonyl (C=O) groups is 8. The zero-order valence-electron chi connectivity index (χ0n) is 49.1. The van der Waals surface area contributed by atoms with Crippen LogP contribution in [0.1, 0.15) is 125 Å². The maximum atomic E-state index is 13.0. The average molecular weight is 1220 g/mol. The number of hydrogen-bond donors (Lipinski definition) is 8. The highest BCUT2D eigenvalue weighted by atomic mass is 19.3. The molecule has 6 amide bonds. The first-order valence-electron chi connectivity index (χ1n) is 22.7. The highest BCUT2D eigenvalue weighted by molar-refractivity contribution is 5.82. The molecule has 0 saturated carbocycles. The number of rotatable bonds is 22. The molecule has 81 heavy (non-hydrogen) atoms. The third-order valence-electron chi connectivity index (χ3n) is 5.61. The van der Waals surface area contributed by atoms with Gasteiger partial charge in [-0.1, -0.05) is 0 Å². The highest BCUT2D eigenvalue weighted by Crippen LogP contribution is 2.26. The second kappa shape index (κ2) is 39.2. The van der Waals surface area contributed by atoms with E-state index in [1.807, 2.05) is 11.0 Å². The molecule has 37 heteroatoms. The van der Waals surface area contributed by atoms with E-state index < -0.39 is 132 Å². The number of hydroxylamine groups is 6. The Morgan fingerprint density at radius 1 is 0.346 bits per heavy atom. The fourth-order valence-electron chi connectivity index (χ4n) is 3.42. The lowest BCUT2D eigenvalue weighted by molar-refractivity contribution is -0.272. The Morgan fingerprint density at radius 2 is 0.543 bits per heavy atom. The normalized spacial score (nSPS) is 13.2. The zero-order valence-corrected chi connectivity index (χ0v) is 49.1. The van der Waals surface area contributed by atoms with Crippen LogP contribution >= 0.6 is 0 Å². The molecule has 0 aromatic carbocycles. The number of alkyl halides is 9. The largest absolute Gasteiger partial charge is 0.479 e. The monoisotopic (exact) mass is 1220 g/mol. The third-order valence-corrected chi connectivity index (χ3v) is 5.61. The van der Waals surface area contributed by atoms with Crippen molar-refractivity contribution in [3.63, 3.8) is 0 Å². The maximum absolute atomic E-state index is 13.0. The van der Waals surface area contributed by atoms with Crippen LogP contribution in [-0.4, -0.2) is 170 Å². The number of halogens is 9. The van der Waals surface area contributed by atoms with Gasteiger partial charge in [-0.05, 0) is 125 Å². The molecule has 0 spiro atoms. The minimum atomic E-state index is -4.09.